The smallest absolute Gasteiger partial charge is 0.321 e. The number of hydrogen-bond donors (Lipinski definition) is 2. The van der Waals surface area contributed by atoms with E-state index in [1.54, 1.807) is 12.1 Å². The molecule has 1 aromatic rings. The number of carbonyl (C=O) groups is 2. The average molecular weight is 336 g/mol. The zero-order chi connectivity index (χ0) is 16.5. The van der Waals surface area contributed by atoms with Gasteiger partial charge in [-0.25, -0.2) is 9.18 Å². The second-order valence-electron chi connectivity index (χ2n) is 5.40. The van der Waals surface area contributed by atoms with E-state index in [-0.39, 0.29) is 17.5 Å². The van der Waals surface area contributed by atoms with Crippen molar-refractivity contribution in [3.8, 4) is 0 Å². The maximum absolute atomic E-state index is 12.8. The predicted octanol–water partition coefficient (Wildman–Crippen LogP) is 3.63. The van der Waals surface area contributed by atoms with E-state index in [9.17, 15) is 14.0 Å². The molecule has 0 unspecified atom stereocenters. The van der Waals surface area contributed by atoms with Crippen LogP contribution in [0.4, 0.5) is 9.18 Å². The molecule has 1 aromatic carbocycles. The molecule has 0 atom stereocenters. The summed E-state index contributed by atoms with van der Waals surface area (Å²) in [6, 6.07) is 5.42. The fraction of sp³-hybridized carbons (Fsp3) is 0.412. The fourth-order valence-corrected chi connectivity index (χ4v) is 3.05. The highest BCUT2D eigenvalue weighted by Gasteiger charge is 2.09. The second-order valence-corrected chi connectivity index (χ2v) is 6.45. The Morgan fingerprint density at radius 1 is 1.17 bits per heavy atom. The maximum atomic E-state index is 12.8. The van der Waals surface area contributed by atoms with E-state index >= 15 is 0 Å². The van der Waals surface area contributed by atoms with Crippen molar-refractivity contribution in [2.45, 2.75) is 37.0 Å². The van der Waals surface area contributed by atoms with Crippen LogP contribution >= 0.6 is 11.8 Å². The molecular weight excluding hydrogens is 315 g/mol. The van der Waals surface area contributed by atoms with Crippen molar-refractivity contribution >= 4 is 23.7 Å². The van der Waals surface area contributed by atoms with Gasteiger partial charge in [0.25, 0.3) is 0 Å². The number of benzene rings is 1. The van der Waals surface area contributed by atoms with Crippen molar-refractivity contribution in [1.82, 2.24) is 10.6 Å². The molecule has 2 N–H and O–H groups in total. The topological polar surface area (TPSA) is 58.2 Å². The number of hydrogen-bond acceptors (Lipinski definition) is 3. The van der Waals surface area contributed by atoms with Gasteiger partial charge in [0.2, 0.25) is 5.91 Å². The van der Waals surface area contributed by atoms with Gasteiger partial charge in [0, 0.05) is 11.4 Å². The van der Waals surface area contributed by atoms with Crippen molar-refractivity contribution < 1.29 is 14.0 Å². The number of rotatable bonds is 6. The molecule has 1 aliphatic carbocycles. The minimum atomic E-state index is -0.467. The highest BCUT2D eigenvalue weighted by atomic mass is 32.2. The van der Waals surface area contributed by atoms with E-state index < -0.39 is 6.03 Å². The molecule has 0 radical (unpaired) electrons. The monoisotopic (exact) mass is 336 g/mol. The molecule has 0 aromatic heterocycles. The minimum Gasteiger partial charge on any atom is -0.337 e. The molecule has 3 amide bonds. The standard InChI is InChI=1S/C17H21FN2O2S/c18-14-6-8-15(9-7-14)23-12-16(21)20-17(22)19-11-10-13-4-2-1-3-5-13/h4,6-9H,1-3,5,10-12H2,(H2,19,20,21,22). The quantitative estimate of drug-likeness (QED) is 0.616. The number of carbonyl (C=O) groups excluding carboxylic acids is 2. The molecule has 0 fully saturated rings. The van der Waals surface area contributed by atoms with Crippen LogP contribution in [0.2, 0.25) is 0 Å². The third-order valence-corrected chi connectivity index (χ3v) is 4.57. The molecule has 1 aliphatic rings. The molecule has 0 aliphatic heterocycles. The molecule has 0 saturated heterocycles. The Morgan fingerprint density at radius 2 is 1.96 bits per heavy atom. The summed E-state index contributed by atoms with van der Waals surface area (Å²) in [4.78, 5) is 24.1. The van der Waals surface area contributed by atoms with Crippen LogP contribution in [0.5, 0.6) is 0 Å². The fourth-order valence-electron chi connectivity index (χ4n) is 2.35. The third-order valence-electron chi connectivity index (χ3n) is 3.55. The first-order chi connectivity index (χ1) is 11.1. The molecule has 0 spiro atoms. The summed E-state index contributed by atoms with van der Waals surface area (Å²) in [5, 5.41) is 4.99. The van der Waals surface area contributed by atoms with Crippen molar-refractivity contribution in [2.75, 3.05) is 12.3 Å². The lowest BCUT2D eigenvalue weighted by molar-refractivity contribution is -0.117. The number of imide groups is 1. The van der Waals surface area contributed by atoms with Gasteiger partial charge in [0.15, 0.2) is 0 Å². The molecule has 0 heterocycles. The number of nitrogens with one attached hydrogen (secondary N) is 2. The summed E-state index contributed by atoms with van der Waals surface area (Å²) in [7, 11) is 0. The highest BCUT2D eigenvalue weighted by Crippen LogP contribution is 2.19. The van der Waals surface area contributed by atoms with E-state index in [1.165, 1.54) is 42.3 Å². The van der Waals surface area contributed by atoms with Crippen LogP contribution in [-0.2, 0) is 4.79 Å². The molecule has 2 rings (SSSR count). The van der Waals surface area contributed by atoms with Gasteiger partial charge in [-0.3, -0.25) is 10.1 Å². The van der Waals surface area contributed by atoms with Gasteiger partial charge in [0.05, 0.1) is 5.75 Å². The van der Waals surface area contributed by atoms with Crippen LogP contribution in [0.3, 0.4) is 0 Å². The number of amides is 3. The van der Waals surface area contributed by atoms with Crippen LogP contribution in [0, 0.1) is 5.82 Å². The SMILES string of the molecule is O=C(CSc1ccc(F)cc1)NC(=O)NCCC1=CCCCC1. The molecule has 0 bridgehead atoms. The molecule has 0 saturated carbocycles. The van der Waals surface area contributed by atoms with E-state index in [2.05, 4.69) is 16.7 Å². The lowest BCUT2D eigenvalue weighted by Crippen LogP contribution is -2.40. The number of urea groups is 1. The first-order valence-electron chi connectivity index (χ1n) is 7.77. The molecular formula is C17H21FN2O2S. The Labute approximate surface area is 139 Å². The number of thioether (sulfide) groups is 1. The predicted molar refractivity (Wildman–Crippen MR) is 89.8 cm³/mol. The van der Waals surface area contributed by atoms with E-state index in [4.69, 9.17) is 0 Å². The number of allylic oxidation sites excluding steroid dienone is 1. The first kappa shape index (κ1) is 17.5. The number of halogens is 1. The molecule has 124 valence electrons. The Kier molecular flexibility index (Phi) is 7.13. The van der Waals surface area contributed by atoms with Crippen molar-refractivity contribution in [3.05, 3.63) is 41.7 Å². The normalized spacial score (nSPS) is 14.0. The summed E-state index contributed by atoms with van der Waals surface area (Å²) >= 11 is 1.26. The Balaban J connectivity index is 1.61. The van der Waals surface area contributed by atoms with Crippen LogP contribution in [0.25, 0.3) is 0 Å². The summed E-state index contributed by atoms with van der Waals surface area (Å²) in [6.45, 7) is 0.538. The van der Waals surface area contributed by atoms with Gasteiger partial charge < -0.3 is 5.32 Å². The maximum Gasteiger partial charge on any atom is 0.321 e. The lowest BCUT2D eigenvalue weighted by Gasteiger charge is -2.13. The van der Waals surface area contributed by atoms with E-state index in [1.807, 2.05) is 0 Å². The molecule has 23 heavy (non-hydrogen) atoms. The van der Waals surface area contributed by atoms with Gasteiger partial charge >= 0.3 is 6.03 Å². The van der Waals surface area contributed by atoms with E-state index in [0.29, 0.717) is 6.54 Å². The summed E-state index contributed by atoms with van der Waals surface area (Å²) in [6.07, 6.45) is 7.78. The molecule has 6 heteroatoms. The van der Waals surface area contributed by atoms with Gasteiger partial charge in [-0.1, -0.05) is 11.6 Å². The Morgan fingerprint density at radius 3 is 2.65 bits per heavy atom. The third kappa shape index (κ3) is 6.86. The van der Waals surface area contributed by atoms with Crippen LogP contribution in [0.1, 0.15) is 32.1 Å². The van der Waals surface area contributed by atoms with Gasteiger partial charge in [-0.2, -0.15) is 0 Å². The van der Waals surface area contributed by atoms with Crippen LogP contribution in [0.15, 0.2) is 40.8 Å². The lowest BCUT2D eigenvalue weighted by atomic mass is 9.97. The van der Waals surface area contributed by atoms with Crippen LogP contribution in [-0.4, -0.2) is 24.2 Å². The zero-order valence-corrected chi connectivity index (χ0v) is 13.8. The second kappa shape index (κ2) is 9.35. The van der Waals surface area contributed by atoms with Crippen LogP contribution < -0.4 is 10.6 Å². The van der Waals surface area contributed by atoms with Crippen molar-refractivity contribution in [1.29, 1.82) is 0 Å². The highest BCUT2D eigenvalue weighted by molar-refractivity contribution is 8.00. The minimum absolute atomic E-state index is 0.115. The molecule has 4 nitrogen and oxygen atoms in total. The Bertz CT molecular complexity index is 572. The Hall–Kier alpha value is -1.82. The largest absolute Gasteiger partial charge is 0.337 e. The van der Waals surface area contributed by atoms with Crippen molar-refractivity contribution in [3.63, 3.8) is 0 Å². The summed E-state index contributed by atoms with van der Waals surface area (Å²) in [5.74, 6) is -0.565. The zero-order valence-electron chi connectivity index (χ0n) is 12.9. The average Bonchev–Trinajstić information content (AvgIpc) is 2.55. The van der Waals surface area contributed by atoms with E-state index in [0.717, 1.165) is 24.2 Å². The van der Waals surface area contributed by atoms with Gasteiger partial charge in [0.1, 0.15) is 5.82 Å². The summed E-state index contributed by atoms with van der Waals surface area (Å²) in [5.41, 5.74) is 1.38. The van der Waals surface area contributed by atoms with Crippen molar-refractivity contribution in [2.24, 2.45) is 0 Å². The van der Waals surface area contributed by atoms with Gasteiger partial charge in [-0.15, -0.1) is 11.8 Å². The summed E-state index contributed by atoms with van der Waals surface area (Å²) < 4.78 is 12.8. The first-order valence-corrected chi connectivity index (χ1v) is 8.76. The van der Waals surface area contributed by atoms with Gasteiger partial charge in [-0.05, 0) is 56.4 Å².